The van der Waals surface area contributed by atoms with Crippen molar-refractivity contribution in [3.8, 4) is 28.7 Å². The molecule has 7 nitrogen and oxygen atoms in total. The quantitative estimate of drug-likeness (QED) is 0.275. The van der Waals surface area contributed by atoms with E-state index in [0.29, 0.717) is 46.9 Å². The molecule has 1 saturated carbocycles. The van der Waals surface area contributed by atoms with Gasteiger partial charge < -0.3 is 19.3 Å². The number of Topliss-reactive ketones (excluding diaryl/α,β-unsaturated/α-hetero) is 2. The number of aromatic hydroxyl groups is 1. The number of phenols is 1. The predicted octanol–water partition coefficient (Wildman–Crippen LogP) is 5.59. The number of nitrogens with zero attached hydrogens (tertiary/aromatic N) is 1. The first-order chi connectivity index (χ1) is 18.3. The van der Waals surface area contributed by atoms with Crippen LogP contribution in [0.5, 0.6) is 28.7 Å². The zero-order valence-corrected chi connectivity index (χ0v) is 21.0. The summed E-state index contributed by atoms with van der Waals surface area (Å²) in [4.78, 5) is 30.4. The second-order valence-corrected chi connectivity index (χ2v) is 9.35. The molecule has 0 atom stereocenters. The first-order valence-electron chi connectivity index (χ1n) is 12.1. The highest BCUT2D eigenvalue weighted by Gasteiger charge is 2.54. The Morgan fingerprint density at radius 1 is 0.868 bits per heavy atom. The molecule has 1 heterocycles. The summed E-state index contributed by atoms with van der Waals surface area (Å²) >= 11 is 0. The van der Waals surface area contributed by atoms with E-state index in [0.717, 1.165) is 17.0 Å². The van der Waals surface area contributed by atoms with Gasteiger partial charge in [0.15, 0.2) is 34.6 Å². The van der Waals surface area contributed by atoms with Crippen LogP contribution in [0.3, 0.4) is 0 Å². The lowest BCUT2D eigenvalue weighted by Crippen LogP contribution is -2.28. The number of fused-ring (bicyclic) bond motifs is 1. The van der Waals surface area contributed by atoms with Crippen molar-refractivity contribution in [2.75, 3.05) is 14.2 Å². The van der Waals surface area contributed by atoms with Gasteiger partial charge in [0, 0.05) is 30.5 Å². The Labute approximate surface area is 218 Å². The van der Waals surface area contributed by atoms with Crippen molar-refractivity contribution in [2.45, 2.75) is 25.7 Å². The molecule has 1 fully saturated rings. The van der Waals surface area contributed by atoms with Crippen LogP contribution in [0, 0.1) is 11.2 Å². The van der Waals surface area contributed by atoms with Crippen molar-refractivity contribution >= 4 is 22.5 Å². The second-order valence-electron chi connectivity index (χ2n) is 9.35. The van der Waals surface area contributed by atoms with E-state index >= 15 is 0 Å². The molecule has 0 radical (unpaired) electrons. The van der Waals surface area contributed by atoms with Gasteiger partial charge in [-0.05, 0) is 60.4 Å². The normalized spacial score (nSPS) is 13.7. The van der Waals surface area contributed by atoms with Crippen molar-refractivity contribution in [3.05, 3.63) is 83.8 Å². The van der Waals surface area contributed by atoms with Gasteiger partial charge in [0.2, 0.25) is 0 Å². The monoisotopic (exact) mass is 515 g/mol. The minimum Gasteiger partial charge on any atom is -0.505 e. The molecule has 38 heavy (non-hydrogen) atoms. The van der Waals surface area contributed by atoms with Crippen LogP contribution in [0.25, 0.3) is 10.9 Å². The number of benzene rings is 3. The molecule has 0 bridgehead atoms. The van der Waals surface area contributed by atoms with Crippen molar-refractivity contribution in [3.63, 3.8) is 0 Å². The Bertz CT molecular complexity index is 1530. The number of ketones is 2. The zero-order valence-electron chi connectivity index (χ0n) is 21.0. The molecule has 3 aromatic carbocycles. The molecule has 1 aliphatic rings. The maximum Gasteiger partial charge on any atom is 0.164 e. The lowest BCUT2D eigenvalue weighted by Gasteiger charge is -2.14. The minimum atomic E-state index is -1.00. The summed E-state index contributed by atoms with van der Waals surface area (Å²) in [5.41, 5.74) is 0.938. The minimum absolute atomic E-state index is 0.0249. The molecule has 1 aromatic heterocycles. The topological polar surface area (TPSA) is 95.0 Å². The summed E-state index contributed by atoms with van der Waals surface area (Å²) in [5, 5.41) is 10.3. The van der Waals surface area contributed by atoms with E-state index in [2.05, 4.69) is 4.98 Å². The van der Waals surface area contributed by atoms with Crippen LogP contribution in [-0.4, -0.2) is 35.9 Å². The van der Waals surface area contributed by atoms with Crippen LogP contribution in [0.1, 0.15) is 24.0 Å². The molecule has 1 aliphatic carbocycles. The molecule has 0 aliphatic heterocycles. The molecule has 1 N–H and O–H groups in total. The summed E-state index contributed by atoms with van der Waals surface area (Å²) < 4.78 is 30.2. The molecule has 5 rings (SSSR count). The number of methoxy groups -OCH3 is 2. The molecule has 0 spiro atoms. The summed E-state index contributed by atoms with van der Waals surface area (Å²) in [7, 11) is 3.13. The Morgan fingerprint density at radius 2 is 1.50 bits per heavy atom. The third-order valence-electron chi connectivity index (χ3n) is 6.92. The van der Waals surface area contributed by atoms with Gasteiger partial charge in [-0.25, -0.2) is 4.39 Å². The van der Waals surface area contributed by atoms with Gasteiger partial charge in [-0.1, -0.05) is 18.2 Å². The second kappa shape index (κ2) is 10.1. The van der Waals surface area contributed by atoms with Gasteiger partial charge in [0.25, 0.3) is 0 Å². The highest BCUT2D eigenvalue weighted by atomic mass is 19.1. The van der Waals surface area contributed by atoms with Gasteiger partial charge >= 0.3 is 0 Å². The van der Waals surface area contributed by atoms with Gasteiger partial charge in [-0.2, -0.15) is 0 Å². The average Bonchev–Trinajstić information content (AvgIpc) is 3.74. The highest BCUT2D eigenvalue weighted by Crippen LogP contribution is 2.49. The van der Waals surface area contributed by atoms with Gasteiger partial charge in [0.05, 0.1) is 25.2 Å². The third-order valence-corrected chi connectivity index (χ3v) is 6.92. The van der Waals surface area contributed by atoms with Gasteiger partial charge in [0.1, 0.15) is 11.5 Å². The highest BCUT2D eigenvalue weighted by molar-refractivity contribution is 6.11. The maximum atomic E-state index is 13.3. The van der Waals surface area contributed by atoms with Crippen molar-refractivity contribution in [1.29, 1.82) is 0 Å². The van der Waals surface area contributed by atoms with Crippen LogP contribution in [0.15, 0.2) is 66.9 Å². The standard InChI is InChI=1S/C30H26FNO6/c1-36-26-16-21-23(17-27(26)37-2)32-12-9-25(21)38-20-6-3-18(4-7-20)14-28(34)30(10-11-30)29(35)15-19-5-8-22(31)24(33)13-19/h3-9,12-13,16-17,33H,10-11,14-15H2,1-2H3. The number of ether oxygens (including phenoxy) is 3. The molecule has 0 amide bonds. The number of phenolic OH excluding ortho intramolecular Hbond substituents is 1. The Hall–Kier alpha value is -4.46. The zero-order chi connectivity index (χ0) is 26.9. The molecule has 194 valence electrons. The van der Waals surface area contributed by atoms with Crippen LogP contribution in [0.4, 0.5) is 4.39 Å². The van der Waals surface area contributed by atoms with Gasteiger partial charge in [-0.15, -0.1) is 0 Å². The first kappa shape index (κ1) is 25.2. The molecule has 8 heteroatoms. The lowest BCUT2D eigenvalue weighted by atomic mass is 9.88. The average molecular weight is 516 g/mol. The van der Waals surface area contributed by atoms with E-state index < -0.39 is 17.0 Å². The number of carbonyl (C=O) groups is 2. The third kappa shape index (κ3) is 4.89. The van der Waals surface area contributed by atoms with Crippen LogP contribution in [-0.2, 0) is 22.4 Å². The molecule has 0 saturated heterocycles. The summed E-state index contributed by atoms with van der Waals surface area (Å²) in [6.45, 7) is 0. The number of hydrogen-bond acceptors (Lipinski definition) is 7. The smallest absolute Gasteiger partial charge is 0.164 e. The number of rotatable bonds is 10. The van der Waals surface area contributed by atoms with Gasteiger partial charge in [-0.3, -0.25) is 14.6 Å². The molecular formula is C30H26FNO6. The number of carbonyl (C=O) groups excluding carboxylic acids is 2. The fourth-order valence-electron chi connectivity index (χ4n) is 4.55. The Balaban J connectivity index is 1.27. The maximum absolute atomic E-state index is 13.3. The van der Waals surface area contributed by atoms with Crippen LogP contribution in [0.2, 0.25) is 0 Å². The Kier molecular flexibility index (Phi) is 6.72. The van der Waals surface area contributed by atoms with E-state index in [-0.39, 0.29) is 24.4 Å². The number of aromatic nitrogens is 1. The summed E-state index contributed by atoms with van der Waals surface area (Å²) in [5.74, 6) is 0.711. The summed E-state index contributed by atoms with van der Waals surface area (Å²) in [6, 6.07) is 16.3. The van der Waals surface area contributed by atoms with Crippen molar-refractivity contribution in [2.24, 2.45) is 5.41 Å². The molecule has 0 unspecified atom stereocenters. The fourth-order valence-corrected chi connectivity index (χ4v) is 4.55. The fraction of sp³-hybridized carbons (Fsp3) is 0.233. The Morgan fingerprint density at radius 3 is 2.13 bits per heavy atom. The summed E-state index contributed by atoms with van der Waals surface area (Å²) in [6.07, 6.45) is 2.75. The van der Waals surface area contributed by atoms with E-state index in [1.807, 2.05) is 6.07 Å². The SMILES string of the molecule is COc1cc2nccc(Oc3ccc(CC(=O)C4(C(=O)Cc5ccc(F)c(O)c5)CC4)cc3)c2cc1OC. The number of pyridine rings is 1. The van der Waals surface area contributed by atoms with E-state index in [4.69, 9.17) is 14.2 Å². The molecular weight excluding hydrogens is 489 g/mol. The number of hydrogen-bond donors (Lipinski definition) is 1. The first-order valence-corrected chi connectivity index (χ1v) is 12.1. The van der Waals surface area contributed by atoms with Crippen LogP contribution >= 0.6 is 0 Å². The predicted molar refractivity (Wildman–Crippen MR) is 139 cm³/mol. The number of halogens is 1. The van der Waals surface area contributed by atoms with Crippen LogP contribution < -0.4 is 14.2 Å². The van der Waals surface area contributed by atoms with Crippen molar-refractivity contribution in [1.82, 2.24) is 4.98 Å². The van der Waals surface area contributed by atoms with E-state index in [1.54, 1.807) is 56.8 Å². The van der Waals surface area contributed by atoms with E-state index in [1.165, 1.54) is 12.1 Å². The lowest BCUT2D eigenvalue weighted by molar-refractivity contribution is -0.133. The molecule has 4 aromatic rings. The van der Waals surface area contributed by atoms with Crippen molar-refractivity contribution < 1.29 is 33.3 Å². The van der Waals surface area contributed by atoms with E-state index in [9.17, 15) is 19.1 Å². The largest absolute Gasteiger partial charge is 0.505 e.